The van der Waals surface area contributed by atoms with E-state index in [2.05, 4.69) is 15.2 Å². The van der Waals surface area contributed by atoms with Crippen LogP contribution in [0, 0.1) is 6.92 Å². The van der Waals surface area contributed by atoms with Crippen molar-refractivity contribution >= 4 is 10.9 Å². The van der Waals surface area contributed by atoms with Gasteiger partial charge in [0.1, 0.15) is 0 Å². The molecule has 3 rings (SSSR count). The van der Waals surface area contributed by atoms with E-state index in [1.807, 2.05) is 43.3 Å². The summed E-state index contributed by atoms with van der Waals surface area (Å²) in [4.78, 5) is 4.49. The summed E-state index contributed by atoms with van der Waals surface area (Å²) in [7, 11) is 0. The number of pyridine rings is 1. The van der Waals surface area contributed by atoms with Gasteiger partial charge in [0, 0.05) is 29.3 Å². The number of nitrogens with two attached hydrogens (primary N) is 1. The third kappa shape index (κ3) is 2.28. The maximum atomic E-state index is 5.75. The summed E-state index contributed by atoms with van der Waals surface area (Å²) in [6, 6.07) is 11.7. The molecule has 2 heterocycles. The molecule has 19 heavy (non-hydrogen) atoms. The Morgan fingerprint density at radius 2 is 2.11 bits per heavy atom. The normalized spacial score (nSPS) is 10.8. The minimum Gasteiger partial charge on any atom is -0.419 e. The van der Waals surface area contributed by atoms with Gasteiger partial charge in [0.2, 0.25) is 11.8 Å². The number of aromatic amines is 1. The summed E-state index contributed by atoms with van der Waals surface area (Å²) in [6.45, 7) is 2.29. The second-order valence-corrected chi connectivity index (χ2v) is 4.34. The molecule has 96 valence electrons. The van der Waals surface area contributed by atoms with Crippen molar-refractivity contribution in [3.05, 3.63) is 47.7 Å². The fraction of sp³-hybridized carbons (Fsp3) is 0.143. The molecule has 0 aliphatic carbocycles. The number of hydrogen-bond acceptors (Lipinski definition) is 4. The average molecular weight is 254 g/mol. The third-order valence-electron chi connectivity index (χ3n) is 2.87. The molecule has 0 spiro atoms. The highest BCUT2D eigenvalue weighted by atomic mass is 16.5. The van der Waals surface area contributed by atoms with Gasteiger partial charge in [0.15, 0.2) is 0 Å². The Bertz CT molecular complexity index is 720. The van der Waals surface area contributed by atoms with E-state index in [0.717, 1.165) is 22.2 Å². The van der Waals surface area contributed by atoms with Crippen LogP contribution in [-0.4, -0.2) is 15.2 Å². The number of nitrogens with one attached hydrogen (secondary N) is 1. The number of nitrogens with zero attached hydrogens (tertiary/aromatic N) is 2. The number of hydrogen-bond donors (Lipinski definition) is 2. The van der Waals surface area contributed by atoms with Crippen LogP contribution in [0.25, 0.3) is 10.9 Å². The van der Waals surface area contributed by atoms with Gasteiger partial charge in [-0.05, 0) is 19.1 Å². The molecule has 0 bridgehead atoms. The van der Waals surface area contributed by atoms with Crippen molar-refractivity contribution in [2.24, 2.45) is 5.73 Å². The zero-order valence-corrected chi connectivity index (χ0v) is 10.6. The zero-order chi connectivity index (χ0) is 13.2. The molecule has 5 heteroatoms. The summed E-state index contributed by atoms with van der Waals surface area (Å²) in [5, 5.41) is 7.92. The van der Waals surface area contributed by atoms with Gasteiger partial charge in [-0.3, -0.25) is 5.10 Å². The van der Waals surface area contributed by atoms with Crippen LogP contribution in [0.3, 0.4) is 0 Å². The maximum absolute atomic E-state index is 5.75. The second-order valence-electron chi connectivity index (χ2n) is 4.34. The molecular formula is C14H14N4O. The van der Waals surface area contributed by atoms with E-state index in [9.17, 15) is 0 Å². The fourth-order valence-corrected chi connectivity index (χ4v) is 1.92. The Kier molecular flexibility index (Phi) is 2.89. The Balaban J connectivity index is 2.05. The Morgan fingerprint density at radius 1 is 1.26 bits per heavy atom. The van der Waals surface area contributed by atoms with E-state index in [-0.39, 0.29) is 0 Å². The summed E-state index contributed by atoms with van der Waals surface area (Å²) in [5.74, 6) is 1.00. The summed E-state index contributed by atoms with van der Waals surface area (Å²) in [6.07, 6.45) is 0. The fourth-order valence-electron chi connectivity index (χ4n) is 1.92. The summed E-state index contributed by atoms with van der Waals surface area (Å²) >= 11 is 0. The zero-order valence-electron chi connectivity index (χ0n) is 10.6. The molecule has 0 atom stereocenters. The van der Waals surface area contributed by atoms with Crippen LogP contribution >= 0.6 is 0 Å². The standard InChI is InChI=1S/C14H14N4O/c1-9-6-13(18-17-9)19-14-11(8-15)7-10-4-2-3-5-12(10)16-14/h2-7H,8,15H2,1H3,(H,17,18). The SMILES string of the molecule is Cc1cc(Oc2nc3ccccc3cc2CN)n[nH]1. The predicted molar refractivity (Wildman–Crippen MR) is 73.0 cm³/mol. The van der Waals surface area contributed by atoms with Crippen LogP contribution in [0.2, 0.25) is 0 Å². The number of H-pyrrole nitrogens is 1. The molecule has 3 N–H and O–H groups in total. The Labute approximate surface area is 110 Å². The van der Waals surface area contributed by atoms with Crippen LogP contribution < -0.4 is 10.5 Å². The lowest BCUT2D eigenvalue weighted by Gasteiger charge is -2.08. The van der Waals surface area contributed by atoms with E-state index in [1.165, 1.54) is 0 Å². The molecule has 2 aromatic heterocycles. The van der Waals surface area contributed by atoms with Crippen LogP contribution in [-0.2, 0) is 6.54 Å². The highest BCUT2D eigenvalue weighted by molar-refractivity contribution is 5.80. The van der Waals surface area contributed by atoms with Crippen molar-refractivity contribution < 1.29 is 4.74 Å². The molecule has 0 saturated carbocycles. The van der Waals surface area contributed by atoms with E-state index in [0.29, 0.717) is 18.3 Å². The van der Waals surface area contributed by atoms with Gasteiger partial charge in [-0.1, -0.05) is 18.2 Å². The maximum Gasteiger partial charge on any atom is 0.240 e. The van der Waals surface area contributed by atoms with E-state index < -0.39 is 0 Å². The van der Waals surface area contributed by atoms with Crippen molar-refractivity contribution in [3.8, 4) is 11.8 Å². The molecule has 0 radical (unpaired) electrons. The summed E-state index contributed by atoms with van der Waals surface area (Å²) < 4.78 is 5.70. The molecule has 0 amide bonds. The largest absolute Gasteiger partial charge is 0.419 e. The van der Waals surface area contributed by atoms with Gasteiger partial charge >= 0.3 is 0 Å². The van der Waals surface area contributed by atoms with Crippen LogP contribution in [0.5, 0.6) is 11.8 Å². The van der Waals surface area contributed by atoms with Gasteiger partial charge in [-0.25, -0.2) is 4.98 Å². The van der Waals surface area contributed by atoms with Gasteiger partial charge in [0.25, 0.3) is 0 Å². The topological polar surface area (TPSA) is 76.8 Å². The first-order valence-electron chi connectivity index (χ1n) is 6.05. The van der Waals surface area contributed by atoms with Crippen molar-refractivity contribution in [2.45, 2.75) is 13.5 Å². The van der Waals surface area contributed by atoms with Crippen molar-refractivity contribution in [1.29, 1.82) is 0 Å². The number of fused-ring (bicyclic) bond motifs is 1. The van der Waals surface area contributed by atoms with Gasteiger partial charge in [-0.15, -0.1) is 5.10 Å². The number of aryl methyl sites for hydroxylation is 1. The van der Waals surface area contributed by atoms with Crippen molar-refractivity contribution in [1.82, 2.24) is 15.2 Å². The van der Waals surface area contributed by atoms with E-state index in [4.69, 9.17) is 10.5 Å². The van der Waals surface area contributed by atoms with Gasteiger partial charge in [-0.2, -0.15) is 0 Å². The van der Waals surface area contributed by atoms with Gasteiger partial charge < -0.3 is 10.5 Å². The van der Waals surface area contributed by atoms with Crippen LogP contribution in [0.15, 0.2) is 36.4 Å². The van der Waals surface area contributed by atoms with Gasteiger partial charge in [0.05, 0.1) is 5.52 Å². The number of para-hydroxylation sites is 1. The smallest absolute Gasteiger partial charge is 0.240 e. The number of rotatable bonds is 3. The van der Waals surface area contributed by atoms with E-state index in [1.54, 1.807) is 0 Å². The quantitative estimate of drug-likeness (QED) is 0.753. The molecule has 0 fully saturated rings. The van der Waals surface area contributed by atoms with Crippen LogP contribution in [0.4, 0.5) is 0 Å². The highest BCUT2D eigenvalue weighted by Crippen LogP contribution is 2.25. The lowest BCUT2D eigenvalue weighted by atomic mass is 10.1. The molecule has 0 aliphatic rings. The molecule has 0 aliphatic heterocycles. The second kappa shape index (κ2) is 4.70. The molecule has 5 nitrogen and oxygen atoms in total. The highest BCUT2D eigenvalue weighted by Gasteiger charge is 2.09. The van der Waals surface area contributed by atoms with Crippen molar-refractivity contribution in [2.75, 3.05) is 0 Å². The molecule has 0 unspecified atom stereocenters. The summed E-state index contributed by atoms with van der Waals surface area (Å²) in [5.41, 5.74) is 8.42. The molecular weight excluding hydrogens is 240 g/mol. The number of benzene rings is 1. The monoisotopic (exact) mass is 254 g/mol. The first kappa shape index (κ1) is 11.7. The molecule has 1 aromatic carbocycles. The minimum atomic E-state index is 0.372. The third-order valence-corrected chi connectivity index (χ3v) is 2.87. The lowest BCUT2D eigenvalue weighted by molar-refractivity contribution is 0.439. The molecule has 0 saturated heterocycles. The number of aromatic nitrogens is 3. The first-order valence-corrected chi connectivity index (χ1v) is 6.05. The Hall–Kier alpha value is -2.40. The lowest BCUT2D eigenvalue weighted by Crippen LogP contribution is -2.02. The van der Waals surface area contributed by atoms with Crippen molar-refractivity contribution in [3.63, 3.8) is 0 Å². The van der Waals surface area contributed by atoms with E-state index >= 15 is 0 Å². The molecule has 3 aromatic rings. The number of ether oxygens (including phenoxy) is 1. The first-order chi connectivity index (χ1) is 9.26. The van der Waals surface area contributed by atoms with Crippen LogP contribution in [0.1, 0.15) is 11.3 Å². The average Bonchev–Trinajstić information content (AvgIpc) is 2.83. The Morgan fingerprint density at radius 3 is 2.84 bits per heavy atom. The predicted octanol–water partition coefficient (Wildman–Crippen LogP) is 2.52. The minimum absolute atomic E-state index is 0.372.